The fourth-order valence-electron chi connectivity index (χ4n) is 3.93. The Morgan fingerprint density at radius 1 is 1.11 bits per heavy atom. The van der Waals surface area contributed by atoms with Gasteiger partial charge in [0.15, 0.2) is 5.96 Å². The molecule has 3 aliphatic heterocycles. The second kappa shape index (κ2) is 11.8. The van der Waals surface area contributed by atoms with Crippen molar-refractivity contribution in [2.75, 3.05) is 65.8 Å². The molecule has 3 aliphatic rings. The maximum atomic E-state index is 5.96. The molecule has 1 N–H and O–H groups in total. The zero-order valence-corrected chi connectivity index (χ0v) is 16.9. The van der Waals surface area contributed by atoms with E-state index in [2.05, 4.69) is 17.1 Å². The summed E-state index contributed by atoms with van der Waals surface area (Å²) in [5, 5.41) is 3.43. The fraction of sp³-hybridized carbons (Fsp3) is 0.950. The third kappa shape index (κ3) is 6.89. The van der Waals surface area contributed by atoms with Gasteiger partial charge in [0.1, 0.15) is 6.10 Å². The van der Waals surface area contributed by atoms with Crippen LogP contribution in [0.4, 0.5) is 0 Å². The van der Waals surface area contributed by atoms with E-state index in [0.29, 0.717) is 5.92 Å². The van der Waals surface area contributed by atoms with Crippen LogP contribution in [0.3, 0.4) is 0 Å². The fourth-order valence-corrected chi connectivity index (χ4v) is 3.93. The molecule has 0 spiro atoms. The zero-order valence-electron chi connectivity index (χ0n) is 16.9. The van der Waals surface area contributed by atoms with Crippen molar-refractivity contribution in [3.8, 4) is 0 Å². The minimum absolute atomic E-state index is 0.160. The highest BCUT2D eigenvalue weighted by Gasteiger charge is 2.32. The van der Waals surface area contributed by atoms with Crippen LogP contribution in [-0.2, 0) is 18.9 Å². The first-order chi connectivity index (χ1) is 13.4. The Morgan fingerprint density at radius 3 is 2.74 bits per heavy atom. The molecular formula is C20H37N3O4. The average Bonchev–Trinajstić information content (AvgIpc) is 3.25. The SMILES string of the molecule is CCNC(=NCCCOCC1CCOCC1)N1CCOC(C2CCCO2)C1. The van der Waals surface area contributed by atoms with Crippen LogP contribution < -0.4 is 5.32 Å². The van der Waals surface area contributed by atoms with Crippen LogP contribution >= 0.6 is 0 Å². The molecule has 0 amide bonds. The van der Waals surface area contributed by atoms with Gasteiger partial charge in [0.2, 0.25) is 0 Å². The second-order valence-electron chi connectivity index (χ2n) is 7.63. The van der Waals surface area contributed by atoms with Crippen molar-refractivity contribution < 1.29 is 18.9 Å². The molecule has 156 valence electrons. The molecule has 0 radical (unpaired) electrons. The van der Waals surface area contributed by atoms with E-state index in [0.717, 1.165) is 104 Å². The lowest BCUT2D eigenvalue weighted by molar-refractivity contribution is -0.0817. The molecular weight excluding hydrogens is 346 g/mol. The van der Waals surface area contributed by atoms with Crippen molar-refractivity contribution in [3.63, 3.8) is 0 Å². The Bertz CT molecular complexity index is 437. The molecule has 27 heavy (non-hydrogen) atoms. The monoisotopic (exact) mass is 383 g/mol. The van der Waals surface area contributed by atoms with Crippen molar-refractivity contribution >= 4 is 5.96 Å². The number of guanidine groups is 1. The van der Waals surface area contributed by atoms with Crippen molar-refractivity contribution in [1.82, 2.24) is 10.2 Å². The van der Waals surface area contributed by atoms with Gasteiger partial charge in [-0.3, -0.25) is 4.99 Å². The van der Waals surface area contributed by atoms with Gasteiger partial charge < -0.3 is 29.2 Å². The smallest absolute Gasteiger partial charge is 0.194 e. The average molecular weight is 384 g/mol. The molecule has 0 aromatic carbocycles. The van der Waals surface area contributed by atoms with Crippen LogP contribution in [-0.4, -0.2) is 88.9 Å². The highest BCUT2D eigenvalue weighted by Crippen LogP contribution is 2.21. The molecule has 0 aromatic rings. The van der Waals surface area contributed by atoms with Gasteiger partial charge in [0, 0.05) is 59.2 Å². The summed E-state index contributed by atoms with van der Waals surface area (Å²) in [6.07, 6.45) is 5.88. The maximum Gasteiger partial charge on any atom is 0.194 e. The van der Waals surface area contributed by atoms with Crippen LogP contribution in [0.25, 0.3) is 0 Å². The summed E-state index contributed by atoms with van der Waals surface area (Å²) in [5.74, 6) is 1.66. The van der Waals surface area contributed by atoms with Gasteiger partial charge >= 0.3 is 0 Å². The maximum absolute atomic E-state index is 5.96. The van der Waals surface area contributed by atoms with Crippen molar-refractivity contribution in [3.05, 3.63) is 0 Å². The molecule has 2 atom stereocenters. The first kappa shape index (κ1) is 20.8. The Labute approximate surface area is 163 Å². The molecule has 7 heteroatoms. The van der Waals surface area contributed by atoms with Crippen LogP contribution in [0.2, 0.25) is 0 Å². The quantitative estimate of drug-likeness (QED) is 0.391. The van der Waals surface area contributed by atoms with Crippen LogP contribution in [0.1, 0.15) is 39.0 Å². The van der Waals surface area contributed by atoms with E-state index in [1.807, 2.05) is 0 Å². The molecule has 2 unspecified atom stereocenters. The van der Waals surface area contributed by atoms with E-state index in [-0.39, 0.29) is 12.2 Å². The Balaban J connectivity index is 1.37. The van der Waals surface area contributed by atoms with E-state index < -0.39 is 0 Å². The molecule has 3 heterocycles. The second-order valence-corrected chi connectivity index (χ2v) is 7.63. The van der Waals surface area contributed by atoms with Gasteiger partial charge in [0.05, 0.1) is 12.7 Å². The topological polar surface area (TPSA) is 64.6 Å². The predicted octanol–water partition coefficient (Wildman–Crippen LogP) is 1.67. The zero-order chi connectivity index (χ0) is 18.7. The number of morpholine rings is 1. The number of nitrogens with one attached hydrogen (secondary N) is 1. The summed E-state index contributed by atoms with van der Waals surface area (Å²) in [6, 6.07) is 0. The lowest BCUT2D eigenvalue weighted by atomic mass is 10.0. The van der Waals surface area contributed by atoms with Crippen LogP contribution in [0.15, 0.2) is 4.99 Å². The number of hydrogen-bond acceptors (Lipinski definition) is 5. The van der Waals surface area contributed by atoms with Gasteiger partial charge in [-0.2, -0.15) is 0 Å². The lowest BCUT2D eigenvalue weighted by Gasteiger charge is -2.37. The molecule has 3 fully saturated rings. The minimum Gasteiger partial charge on any atom is -0.381 e. The molecule has 3 saturated heterocycles. The normalized spacial score (nSPS) is 27.9. The summed E-state index contributed by atoms with van der Waals surface area (Å²) in [7, 11) is 0. The number of nitrogens with zero attached hydrogens (tertiary/aromatic N) is 2. The van der Waals surface area contributed by atoms with E-state index in [9.17, 15) is 0 Å². The Hall–Kier alpha value is -0.890. The molecule has 0 aromatic heterocycles. The third-order valence-electron chi connectivity index (χ3n) is 5.51. The summed E-state index contributed by atoms with van der Waals surface area (Å²) in [4.78, 5) is 7.14. The summed E-state index contributed by atoms with van der Waals surface area (Å²) in [6.45, 7) is 10.5. The Morgan fingerprint density at radius 2 is 1.96 bits per heavy atom. The van der Waals surface area contributed by atoms with E-state index >= 15 is 0 Å². The largest absolute Gasteiger partial charge is 0.381 e. The molecule has 0 saturated carbocycles. The highest BCUT2D eigenvalue weighted by atomic mass is 16.5. The highest BCUT2D eigenvalue weighted by molar-refractivity contribution is 5.80. The predicted molar refractivity (Wildman–Crippen MR) is 105 cm³/mol. The lowest BCUT2D eigenvalue weighted by Crippen LogP contribution is -2.53. The summed E-state index contributed by atoms with van der Waals surface area (Å²) < 4.78 is 23.0. The molecule has 0 bridgehead atoms. The number of aliphatic imine (C=N–C) groups is 1. The van der Waals surface area contributed by atoms with E-state index in [4.69, 9.17) is 23.9 Å². The molecule has 7 nitrogen and oxygen atoms in total. The van der Waals surface area contributed by atoms with Gasteiger partial charge in [0.25, 0.3) is 0 Å². The number of hydrogen-bond donors (Lipinski definition) is 1. The number of rotatable bonds is 8. The standard InChI is InChI=1S/C20H37N3O4/c1-2-21-20(22-8-4-10-25-16-17-6-12-24-13-7-17)23-9-14-27-19(15-23)18-5-3-11-26-18/h17-19H,2-16H2,1H3,(H,21,22). The van der Waals surface area contributed by atoms with Gasteiger partial charge in [-0.25, -0.2) is 0 Å². The summed E-state index contributed by atoms with van der Waals surface area (Å²) in [5.41, 5.74) is 0. The summed E-state index contributed by atoms with van der Waals surface area (Å²) >= 11 is 0. The molecule has 0 aliphatic carbocycles. The van der Waals surface area contributed by atoms with E-state index in [1.165, 1.54) is 0 Å². The van der Waals surface area contributed by atoms with E-state index in [1.54, 1.807) is 0 Å². The minimum atomic E-state index is 0.160. The van der Waals surface area contributed by atoms with Crippen molar-refractivity contribution in [2.24, 2.45) is 10.9 Å². The van der Waals surface area contributed by atoms with Crippen molar-refractivity contribution in [1.29, 1.82) is 0 Å². The van der Waals surface area contributed by atoms with Gasteiger partial charge in [-0.05, 0) is 44.9 Å². The third-order valence-corrected chi connectivity index (χ3v) is 5.51. The van der Waals surface area contributed by atoms with Crippen LogP contribution in [0.5, 0.6) is 0 Å². The van der Waals surface area contributed by atoms with Crippen molar-refractivity contribution in [2.45, 2.75) is 51.2 Å². The van der Waals surface area contributed by atoms with Gasteiger partial charge in [-0.1, -0.05) is 0 Å². The first-order valence-electron chi connectivity index (χ1n) is 10.8. The molecule has 3 rings (SSSR count). The first-order valence-corrected chi connectivity index (χ1v) is 10.8. The Kier molecular flexibility index (Phi) is 9.14. The number of ether oxygens (including phenoxy) is 4. The van der Waals surface area contributed by atoms with Gasteiger partial charge in [-0.15, -0.1) is 0 Å². The van der Waals surface area contributed by atoms with Crippen LogP contribution in [0, 0.1) is 5.92 Å².